The summed E-state index contributed by atoms with van der Waals surface area (Å²) in [5.41, 5.74) is -0.612. The van der Waals surface area contributed by atoms with Gasteiger partial charge >= 0.3 is 6.09 Å². The van der Waals surface area contributed by atoms with Crippen LogP contribution in [0, 0.1) is 0 Å². The highest BCUT2D eigenvalue weighted by atomic mass is 16.6. The van der Waals surface area contributed by atoms with Crippen molar-refractivity contribution in [3.8, 4) is 11.5 Å². The Morgan fingerprint density at radius 2 is 1.50 bits per heavy atom. The fourth-order valence-corrected chi connectivity index (χ4v) is 4.33. The van der Waals surface area contributed by atoms with Crippen molar-refractivity contribution in [1.29, 1.82) is 0 Å². The van der Waals surface area contributed by atoms with E-state index in [0.717, 1.165) is 4.90 Å². The first-order chi connectivity index (χ1) is 18.3. The van der Waals surface area contributed by atoms with E-state index in [4.69, 9.17) is 14.2 Å². The van der Waals surface area contributed by atoms with Gasteiger partial charge in [-0.25, -0.2) is 9.69 Å². The number of nitrogens with zero attached hydrogens (tertiary/aromatic N) is 1. The summed E-state index contributed by atoms with van der Waals surface area (Å²) in [6.07, 6.45) is -1.12. The predicted octanol–water partition coefficient (Wildman–Crippen LogP) is 3.72. The Bertz CT molecular complexity index is 1320. The van der Waals surface area contributed by atoms with Crippen LogP contribution >= 0.6 is 0 Å². The first-order valence-corrected chi connectivity index (χ1v) is 12.0. The van der Waals surface area contributed by atoms with E-state index >= 15 is 0 Å². The normalized spacial score (nSPS) is 17.5. The standard InChI is InChI=1S/C29H28N2O7/c1-19(21-12-8-5-9-13-21)31-27(34)29(38-28(31)35,17-20-10-6-4-7-11-20)26(33)30-18-25(32)22-14-23(36-2)16-24(15-22)37-3/h4-16,19H,17-18H2,1-3H3,(H,30,33)/t19-,29-/m1/s1. The third-order valence-corrected chi connectivity index (χ3v) is 6.44. The minimum absolute atomic E-state index is 0.191. The molecule has 0 unspecified atom stereocenters. The SMILES string of the molecule is COc1cc(OC)cc(C(=O)CNC(=O)[C@@]2(Cc3ccccc3)OC(=O)N([C@H](C)c3ccccc3)C2=O)c1. The molecule has 1 saturated heterocycles. The lowest BCUT2D eigenvalue weighted by molar-refractivity contribution is -0.149. The molecule has 9 nitrogen and oxygen atoms in total. The van der Waals surface area contributed by atoms with Crippen molar-refractivity contribution in [3.63, 3.8) is 0 Å². The van der Waals surface area contributed by atoms with Crippen molar-refractivity contribution in [2.24, 2.45) is 0 Å². The maximum Gasteiger partial charge on any atom is 0.418 e. The van der Waals surface area contributed by atoms with Gasteiger partial charge in [0.25, 0.3) is 17.4 Å². The lowest BCUT2D eigenvalue weighted by atomic mass is 9.91. The van der Waals surface area contributed by atoms with Crippen molar-refractivity contribution in [3.05, 3.63) is 95.6 Å². The summed E-state index contributed by atoms with van der Waals surface area (Å²) in [7, 11) is 2.92. The first-order valence-electron chi connectivity index (χ1n) is 12.0. The summed E-state index contributed by atoms with van der Waals surface area (Å²) in [6, 6.07) is 21.7. The van der Waals surface area contributed by atoms with Crippen LogP contribution in [0.1, 0.15) is 34.5 Å². The molecule has 0 spiro atoms. The molecule has 0 aromatic heterocycles. The molecule has 9 heteroatoms. The maximum atomic E-state index is 13.8. The molecule has 3 amide bonds. The van der Waals surface area contributed by atoms with E-state index < -0.39 is 41.9 Å². The molecule has 4 rings (SSSR count). The van der Waals surface area contributed by atoms with Crippen LogP contribution in [0.3, 0.4) is 0 Å². The highest BCUT2D eigenvalue weighted by molar-refractivity contribution is 6.18. The number of imide groups is 1. The number of rotatable bonds is 10. The topological polar surface area (TPSA) is 111 Å². The van der Waals surface area contributed by atoms with Crippen LogP contribution in [0.15, 0.2) is 78.9 Å². The highest BCUT2D eigenvalue weighted by Crippen LogP contribution is 2.35. The van der Waals surface area contributed by atoms with Gasteiger partial charge in [-0.2, -0.15) is 0 Å². The lowest BCUT2D eigenvalue weighted by Gasteiger charge is -2.25. The number of carbonyl (C=O) groups excluding carboxylic acids is 4. The number of nitrogens with one attached hydrogen (secondary N) is 1. The lowest BCUT2D eigenvalue weighted by Crippen LogP contribution is -2.55. The van der Waals surface area contributed by atoms with Gasteiger partial charge in [0.1, 0.15) is 11.5 Å². The molecule has 1 aliphatic rings. The number of hydrogen-bond donors (Lipinski definition) is 1. The highest BCUT2D eigenvalue weighted by Gasteiger charge is 2.60. The summed E-state index contributed by atoms with van der Waals surface area (Å²) >= 11 is 0. The van der Waals surface area contributed by atoms with Gasteiger partial charge < -0.3 is 19.5 Å². The van der Waals surface area contributed by atoms with E-state index in [9.17, 15) is 19.2 Å². The Labute approximate surface area is 220 Å². The quantitative estimate of drug-likeness (QED) is 0.323. The van der Waals surface area contributed by atoms with E-state index in [2.05, 4.69) is 5.32 Å². The number of carbonyl (C=O) groups is 4. The van der Waals surface area contributed by atoms with Gasteiger partial charge in [0.15, 0.2) is 5.78 Å². The third kappa shape index (κ3) is 5.22. The van der Waals surface area contributed by atoms with E-state index in [0.29, 0.717) is 22.6 Å². The van der Waals surface area contributed by atoms with Crippen LogP contribution in [-0.2, 0) is 20.7 Å². The average Bonchev–Trinajstić information content (AvgIpc) is 3.21. The summed E-state index contributed by atoms with van der Waals surface area (Å²) in [6.45, 7) is 1.25. The molecule has 1 heterocycles. The molecule has 3 aromatic rings. The fourth-order valence-electron chi connectivity index (χ4n) is 4.33. The molecule has 0 aliphatic carbocycles. The number of methoxy groups -OCH3 is 2. The predicted molar refractivity (Wildman–Crippen MR) is 138 cm³/mol. The van der Waals surface area contributed by atoms with Crippen LogP contribution in [-0.4, -0.2) is 55.0 Å². The van der Waals surface area contributed by atoms with Crippen LogP contribution < -0.4 is 14.8 Å². The number of ketones is 1. The van der Waals surface area contributed by atoms with Gasteiger partial charge in [0.2, 0.25) is 0 Å². The third-order valence-electron chi connectivity index (χ3n) is 6.44. The Kier molecular flexibility index (Phi) is 7.76. The van der Waals surface area contributed by atoms with Crippen molar-refractivity contribution in [2.45, 2.75) is 25.0 Å². The molecular weight excluding hydrogens is 488 g/mol. The van der Waals surface area contributed by atoms with Gasteiger partial charge in [0, 0.05) is 18.1 Å². The second-order valence-electron chi connectivity index (χ2n) is 8.83. The largest absolute Gasteiger partial charge is 0.497 e. The number of ether oxygens (including phenoxy) is 3. The molecule has 38 heavy (non-hydrogen) atoms. The summed E-state index contributed by atoms with van der Waals surface area (Å²) in [5, 5.41) is 2.51. The maximum absolute atomic E-state index is 13.8. The Hall–Kier alpha value is -4.66. The molecule has 1 aliphatic heterocycles. The second-order valence-corrected chi connectivity index (χ2v) is 8.83. The minimum Gasteiger partial charge on any atom is -0.497 e. The fraction of sp³-hybridized carbons (Fsp3) is 0.241. The molecule has 0 radical (unpaired) electrons. The van der Waals surface area contributed by atoms with Crippen LogP contribution in [0.25, 0.3) is 0 Å². The molecule has 0 bridgehead atoms. The van der Waals surface area contributed by atoms with Gasteiger partial charge in [-0.3, -0.25) is 14.4 Å². The molecule has 2 atom stereocenters. The van der Waals surface area contributed by atoms with Crippen molar-refractivity contribution < 1.29 is 33.4 Å². The zero-order valence-corrected chi connectivity index (χ0v) is 21.3. The van der Waals surface area contributed by atoms with Gasteiger partial charge in [-0.1, -0.05) is 60.7 Å². The zero-order chi connectivity index (χ0) is 27.3. The summed E-state index contributed by atoms with van der Waals surface area (Å²) in [4.78, 5) is 54.3. The summed E-state index contributed by atoms with van der Waals surface area (Å²) in [5.74, 6) is -1.31. The van der Waals surface area contributed by atoms with Crippen molar-refractivity contribution >= 4 is 23.7 Å². The molecule has 196 valence electrons. The van der Waals surface area contributed by atoms with Crippen LogP contribution in [0.2, 0.25) is 0 Å². The van der Waals surface area contributed by atoms with Gasteiger partial charge in [0.05, 0.1) is 26.8 Å². The van der Waals surface area contributed by atoms with Crippen LogP contribution in [0.4, 0.5) is 4.79 Å². The molecular formula is C29H28N2O7. The van der Waals surface area contributed by atoms with E-state index in [1.807, 2.05) is 6.07 Å². The van der Waals surface area contributed by atoms with Gasteiger partial charge in [-0.15, -0.1) is 0 Å². The number of cyclic esters (lactones) is 1. The number of amides is 3. The zero-order valence-electron chi connectivity index (χ0n) is 21.3. The van der Waals surface area contributed by atoms with E-state index in [1.54, 1.807) is 67.6 Å². The summed E-state index contributed by atoms with van der Waals surface area (Å²) < 4.78 is 16.0. The first kappa shape index (κ1) is 26.4. The van der Waals surface area contributed by atoms with Crippen molar-refractivity contribution in [2.75, 3.05) is 20.8 Å². The Morgan fingerprint density at radius 3 is 2.08 bits per heavy atom. The van der Waals surface area contributed by atoms with Crippen molar-refractivity contribution in [1.82, 2.24) is 10.2 Å². The smallest absolute Gasteiger partial charge is 0.418 e. The van der Waals surface area contributed by atoms with Crippen LogP contribution in [0.5, 0.6) is 11.5 Å². The molecule has 0 saturated carbocycles. The molecule has 1 N–H and O–H groups in total. The monoisotopic (exact) mass is 516 g/mol. The Morgan fingerprint density at radius 1 is 0.921 bits per heavy atom. The second kappa shape index (κ2) is 11.2. The number of Topliss-reactive ketones (excluding diaryl/α,β-unsaturated/α-hetero) is 1. The van der Waals surface area contributed by atoms with Gasteiger partial charge in [-0.05, 0) is 30.2 Å². The van der Waals surface area contributed by atoms with E-state index in [-0.39, 0.29) is 12.0 Å². The molecule has 3 aromatic carbocycles. The Balaban J connectivity index is 1.61. The van der Waals surface area contributed by atoms with E-state index in [1.165, 1.54) is 26.4 Å². The average molecular weight is 517 g/mol. The minimum atomic E-state index is -2.17. The molecule has 1 fully saturated rings. The number of hydrogen-bond acceptors (Lipinski definition) is 7. The number of benzene rings is 3.